The van der Waals surface area contributed by atoms with Gasteiger partial charge in [-0.25, -0.2) is 0 Å². The highest BCUT2D eigenvalue weighted by molar-refractivity contribution is 6.09. The molecule has 2 aromatic carbocycles. The van der Waals surface area contributed by atoms with Crippen molar-refractivity contribution in [2.75, 3.05) is 5.32 Å². The first-order chi connectivity index (χ1) is 12.5. The van der Waals surface area contributed by atoms with E-state index < -0.39 is 0 Å². The molecule has 0 unspecified atom stereocenters. The fourth-order valence-electron chi connectivity index (χ4n) is 3.31. The van der Waals surface area contributed by atoms with Gasteiger partial charge in [0.15, 0.2) is 0 Å². The standard InChI is InChI=1S/C23H27N3/c1-5-7-22(24)21-12-16(3)26-23-13-19(10-11-20(21)23)25-14-18-9-6-8-15(2)17(18)4/h6,8-13,24-25H,5,7,14H2,1-4H3. The molecule has 3 nitrogen and oxygen atoms in total. The van der Waals surface area contributed by atoms with E-state index in [0.717, 1.165) is 47.2 Å². The van der Waals surface area contributed by atoms with Crippen LogP contribution in [0.2, 0.25) is 0 Å². The molecule has 0 amide bonds. The quantitative estimate of drug-likeness (QED) is 0.543. The first-order valence-electron chi connectivity index (χ1n) is 9.27. The number of hydrogen-bond donors (Lipinski definition) is 2. The van der Waals surface area contributed by atoms with Crippen molar-refractivity contribution in [2.45, 2.75) is 47.1 Å². The van der Waals surface area contributed by atoms with Gasteiger partial charge in [-0.1, -0.05) is 37.6 Å². The van der Waals surface area contributed by atoms with E-state index in [1.54, 1.807) is 0 Å². The maximum atomic E-state index is 8.36. The van der Waals surface area contributed by atoms with E-state index in [2.05, 4.69) is 67.5 Å². The van der Waals surface area contributed by atoms with Crippen molar-refractivity contribution in [3.63, 3.8) is 0 Å². The van der Waals surface area contributed by atoms with E-state index in [9.17, 15) is 0 Å². The lowest BCUT2D eigenvalue weighted by Crippen LogP contribution is -2.04. The Hall–Kier alpha value is -2.68. The topological polar surface area (TPSA) is 48.8 Å². The molecule has 0 aliphatic carbocycles. The van der Waals surface area contributed by atoms with Crippen LogP contribution >= 0.6 is 0 Å². The lowest BCUT2D eigenvalue weighted by molar-refractivity contribution is 0.986. The Balaban J connectivity index is 1.89. The van der Waals surface area contributed by atoms with Crippen molar-refractivity contribution in [3.8, 4) is 0 Å². The second kappa shape index (κ2) is 7.69. The molecule has 0 bridgehead atoms. The van der Waals surface area contributed by atoms with Crippen LogP contribution in [0, 0.1) is 26.2 Å². The van der Waals surface area contributed by atoms with Gasteiger partial charge < -0.3 is 10.7 Å². The zero-order valence-electron chi connectivity index (χ0n) is 16.1. The van der Waals surface area contributed by atoms with Gasteiger partial charge in [-0.05, 0) is 62.1 Å². The van der Waals surface area contributed by atoms with Crippen LogP contribution in [-0.4, -0.2) is 10.7 Å². The summed E-state index contributed by atoms with van der Waals surface area (Å²) >= 11 is 0. The van der Waals surface area contributed by atoms with Crippen molar-refractivity contribution in [3.05, 3.63) is 70.4 Å². The Kier molecular flexibility index (Phi) is 5.36. The molecule has 0 aliphatic rings. The smallest absolute Gasteiger partial charge is 0.0732 e. The third kappa shape index (κ3) is 3.77. The molecule has 1 aromatic heterocycles. The number of benzene rings is 2. The highest BCUT2D eigenvalue weighted by atomic mass is 14.9. The second-order valence-corrected chi connectivity index (χ2v) is 6.98. The summed E-state index contributed by atoms with van der Waals surface area (Å²) in [6.07, 6.45) is 1.78. The van der Waals surface area contributed by atoms with Gasteiger partial charge in [0.2, 0.25) is 0 Å². The molecule has 3 rings (SSSR count). The molecule has 1 heterocycles. The molecule has 3 heteroatoms. The summed E-state index contributed by atoms with van der Waals surface area (Å²) in [4.78, 5) is 4.69. The van der Waals surface area contributed by atoms with Crippen molar-refractivity contribution in [2.24, 2.45) is 0 Å². The van der Waals surface area contributed by atoms with Gasteiger partial charge in [-0.3, -0.25) is 4.98 Å². The minimum absolute atomic E-state index is 0.694. The van der Waals surface area contributed by atoms with Crippen LogP contribution in [0.3, 0.4) is 0 Å². The molecule has 0 spiro atoms. The lowest BCUT2D eigenvalue weighted by Gasteiger charge is -2.13. The van der Waals surface area contributed by atoms with E-state index in [1.807, 2.05) is 13.0 Å². The zero-order valence-corrected chi connectivity index (χ0v) is 16.1. The van der Waals surface area contributed by atoms with E-state index >= 15 is 0 Å². The fourth-order valence-corrected chi connectivity index (χ4v) is 3.31. The van der Waals surface area contributed by atoms with Crippen LogP contribution in [0.25, 0.3) is 10.9 Å². The van der Waals surface area contributed by atoms with E-state index in [0.29, 0.717) is 5.71 Å². The first kappa shape index (κ1) is 18.1. The number of rotatable bonds is 6. The van der Waals surface area contributed by atoms with Gasteiger partial charge in [0.05, 0.1) is 5.52 Å². The van der Waals surface area contributed by atoms with Gasteiger partial charge in [-0.15, -0.1) is 0 Å². The van der Waals surface area contributed by atoms with Crippen molar-refractivity contribution in [1.29, 1.82) is 5.41 Å². The molecule has 26 heavy (non-hydrogen) atoms. The Bertz CT molecular complexity index is 957. The van der Waals surface area contributed by atoms with Crippen molar-refractivity contribution >= 4 is 22.3 Å². The Labute approximate surface area is 156 Å². The SMILES string of the molecule is CCCC(=N)c1cc(C)nc2cc(NCc3cccc(C)c3C)ccc12. The Morgan fingerprint density at radius 1 is 1.08 bits per heavy atom. The van der Waals surface area contributed by atoms with E-state index in [4.69, 9.17) is 5.41 Å². The minimum Gasteiger partial charge on any atom is -0.381 e. The molecule has 3 aromatic rings. The lowest BCUT2D eigenvalue weighted by atomic mass is 10.00. The van der Waals surface area contributed by atoms with E-state index in [1.165, 1.54) is 16.7 Å². The fraction of sp³-hybridized carbons (Fsp3) is 0.304. The number of aryl methyl sites for hydroxylation is 2. The average Bonchev–Trinajstić information content (AvgIpc) is 2.62. The van der Waals surface area contributed by atoms with Crippen molar-refractivity contribution in [1.82, 2.24) is 4.98 Å². The normalized spacial score (nSPS) is 10.9. The minimum atomic E-state index is 0.694. The largest absolute Gasteiger partial charge is 0.381 e. The highest BCUT2D eigenvalue weighted by Crippen LogP contribution is 2.24. The number of anilines is 1. The zero-order chi connectivity index (χ0) is 18.7. The summed E-state index contributed by atoms with van der Waals surface area (Å²) < 4.78 is 0. The third-order valence-corrected chi connectivity index (χ3v) is 4.96. The van der Waals surface area contributed by atoms with Gasteiger partial charge in [0, 0.05) is 34.6 Å². The van der Waals surface area contributed by atoms with Crippen LogP contribution in [0.15, 0.2) is 42.5 Å². The summed E-state index contributed by atoms with van der Waals surface area (Å²) in [5, 5.41) is 12.9. The molecule has 0 atom stereocenters. The summed E-state index contributed by atoms with van der Waals surface area (Å²) in [6.45, 7) is 9.22. The molecule has 0 saturated heterocycles. The molecule has 0 fully saturated rings. The van der Waals surface area contributed by atoms with Gasteiger partial charge >= 0.3 is 0 Å². The summed E-state index contributed by atoms with van der Waals surface area (Å²) in [7, 11) is 0. The van der Waals surface area contributed by atoms with Gasteiger partial charge in [-0.2, -0.15) is 0 Å². The third-order valence-electron chi connectivity index (χ3n) is 4.96. The van der Waals surface area contributed by atoms with Crippen LogP contribution in [0.5, 0.6) is 0 Å². The Morgan fingerprint density at radius 3 is 2.65 bits per heavy atom. The molecule has 2 N–H and O–H groups in total. The Morgan fingerprint density at radius 2 is 1.88 bits per heavy atom. The van der Waals surface area contributed by atoms with Gasteiger partial charge in [0.25, 0.3) is 0 Å². The monoisotopic (exact) mass is 345 g/mol. The molecular formula is C23H27N3. The molecule has 134 valence electrons. The summed E-state index contributed by atoms with van der Waals surface area (Å²) in [5.41, 5.74) is 8.64. The highest BCUT2D eigenvalue weighted by Gasteiger charge is 2.09. The number of aromatic nitrogens is 1. The summed E-state index contributed by atoms with van der Waals surface area (Å²) in [6, 6.07) is 14.7. The van der Waals surface area contributed by atoms with Crippen molar-refractivity contribution < 1.29 is 0 Å². The number of nitrogens with zero attached hydrogens (tertiary/aromatic N) is 1. The number of pyridine rings is 1. The summed E-state index contributed by atoms with van der Waals surface area (Å²) in [5.74, 6) is 0. The maximum absolute atomic E-state index is 8.36. The number of hydrogen-bond acceptors (Lipinski definition) is 3. The number of nitrogens with one attached hydrogen (secondary N) is 2. The van der Waals surface area contributed by atoms with Crippen LogP contribution in [0.1, 0.15) is 47.7 Å². The van der Waals surface area contributed by atoms with Crippen LogP contribution in [0.4, 0.5) is 5.69 Å². The van der Waals surface area contributed by atoms with E-state index in [-0.39, 0.29) is 0 Å². The second-order valence-electron chi connectivity index (χ2n) is 6.98. The molecule has 0 saturated carbocycles. The predicted molar refractivity (Wildman–Crippen MR) is 111 cm³/mol. The van der Waals surface area contributed by atoms with Crippen LogP contribution in [-0.2, 0) is 6.54 Å². The molecular weight excluding hydrogens is 318 g/mol. The predicted octanol–water partition coefficient (Wildman–Crippen LogP) is 5.94. The van der Waals surface area contributed by atoms with Crippen LogP contribution < -0.4 is 5.32 Å². The molecule has 0 radical (unpaired) electrons. The average molecular weight is 345 g/mol. The number of fused-ring (bicyclic) bond motifs is 1. The first-order valence-corrected chi connectivity index (χ1v) is 9.27. The maximum Gasteiger partial charge on any atom is 0.0732 e. The molecule has 0 aliphatic heterocycles. The van der Waals surface area contributed by atoms with Gasteiger partial charge in [0.1, 0.15) is 0 Å².